The first-order valence-corrected chi connectivity index (χ1v) is 11.7. The van der Waals surface area contributed by atoms with Crippen molar-refractivity contribution in [3.8, 4) is 0 Å². The van der Waals surface area contributed by atoms with Gasteiger partial charge in [-0.05, 0) is 40.0 Å². The van der Waals surface area contributed by atoms with Crippen molar-refractivity contribution in [2.75, 3.05) is 20.8 Å². The number of epoxide rings is 2. The number of carbonyl (C=O) groups excluding carboxylic acids is 2. The Balaban J connectivity index is 1.57. The van der Waals surface area contributed by atoms with Gasteiger partial charge in [-0.2, -0.15) is 0 Å². The van der Waals surface area contributed by atoms with Gasteiger partial charge >= 0.3 is 11.9 Å². The highest BCUT2D eigenvalue weighted by Gasteiger charge is 2.72. The Labute approximate surface area is 202 Å². The van der Waals surface area contributed by atoms with Crippen LogP contribution < -0.4 is 0 Å². The molecule has 2 heterocycles. The molecule has 0 amide bonds. The van der Waals surface area contributed by atoms with Crippen molar-refractivity contribution >= 4 is 11.9 Å². The number of rotatable bonds is 10. The molecule has 3 rings (SSSR count). The number of esters is 2. The minimum Gasteiger partial charge on any atom is -0.466 e. The summed E-state index contributed by atoms with van der Waals surface area (Å²) in [6.45, 7) is 6.99. The molecule has 1 unspecified atom stereocenters. The summed E-state index contributed by atoms with van der Waals surface area (Å²) < 4.78 is 28.3. The molecule has 7 nitrogen and oxygen atoms in total. The van der Waals surface area contributed by atoms with Crippen LogP contribution in [0.1, 0.15) is 40.0 Å². The van der Waals surface area contributed by atoms with Crippen LogP contribution in [-0.4, -0.2) is 62.3 Å². The van der Waals surface area contributed by atoms with Gasteiger partial charge in [-0.3, -0.25) is 0 Å². The van der Waals surface area contributed by atoms with E-state index < -0.39 is 11.9 Å². The lowest BCUT2D eigenvalue weighted by molar-refractivity contribution is -0.166. The van der Waals surface area contributed by atoms with Crippen LogP contribution in [0.15, 0.2) is 60.3 Å². The van der Waals surface area contributed by atoms with Crippen LogP contribution in [0.4, 0.5) is 0 Å². The van der Waals surface area contributed by atoms with Gasteiger partial charge in [0.2, 0.25) is 0 Å². The average Bonchev–Trinajstić information content (AvgIpc) is 3.72. The average molecular weight is 473 g/mol. The fourth-order valence-electron chi connectivity index (χ4n) is 4.85. The molecule has 0 N–H and O–H groups in total. The first-order valence-electron chi connectivity index (χ1n) is 11.7. The van der Waals surface area contributed by atoms with E-state index in [2.05, 4.69) is 31.6 Å². The van der Waals surface area contributed by atoms with Crippen LogP contribution in [-0.2, 0) is 33.3 Å². The Hall–Kier alpha value is -2.48. The fraction of sp³-hybridized carbons (Fsp3) is 0.556. The summed E-state index contributed by atoms with van der Waals surface area (Å²) in [6.07, 6.45) is 16.8. The van der Waals surface area contributed by atoms with E-state index in [-0.39, 0.29) is 35.4 Å². The van der Waals surface area contributed by atoms with Crippen LogP contribution in [0.5, 0.6) is 0 Å². The SMILES string of the molecule is COC(=O)/C=C/C=C/C=C/C=C\C(=O)O[C@@H]1CC[C@@]2(CO2)[C@@H](C2(C)O[C@@H]2CC=C(C)C)[C@@H]1OC. The Morgan fingerprint density at radius 3 is 2.18 bits per heavy atom. The van der Waals surface area contributed by atoms with E-state index >= 15 is 0 Å². The maximum Gasteiger partial charge on any atom is 0.331 e. The number of hydrogen-bond donors (Lipinski definition) is 0. The van der Waals surface area contributed by atoms with Gasteiger partial charge < -0.3 is 23.7 Å². The molecule has 0 aromatic carbocycles. The third-order valence-electron chi connectivity index (χ3n) is 6.73. The van der Waals surface area contributed by atoms with Gasteiger partial charge in [0, 0.05) is 19.3 Å². The van der Waals surface area contributed by atoms with Gasteiger partial charge in [0.05, 0.1) is 25.7 Å². The number of methoxy groups -OCH3 is 2. The van der Waals surface area contributed by atoms with E-state index in [1.165, 1.54) is 24.8 Å². The molecule has 0 radical (unpaired) electrons. The van der Waals surface area contributed by atoms with Crippen LogP contribution in [0, 0.1) is 5.92 Å². The molecule has 0 aromatic heterocycles. The molecule has 186 valence electrons. The molecule has 34 heavy (non-hydrogen) atoms. The number of ether oxygens (including phenoxy) is 5. The molecule has 1 spiro atoms. The summed E-state index contributed by atoms with van der Waals surface area (Å²) in [7, 11) is 2.99. The molecule has 0 bridgehead atoms. The van der Waals surface area contributed by atoms with Gasteiger partial charge in [-0.15, -0.1) is 0 Å². The molecule has 1 aliphatic carbocycles. The molecule has 0 aromatic rings. The van der Waals surface area contributed by atoms with Crippen LogP contribution in [0.25, 0.3) is 0 Å². The second kappa shape index (κ2) is 11.3. The molecule has 2 saturated heterocycles. The van der Waals surface area contributed by atoms with E-state index in [0.29, 0.717) is 13.0 Å². The van der Waals surface area contributed by atoms with Crippen molar-refractivity contribution in [1.29, 1.82) is 0 Å². The summed E-state index contributed by atoms with van der Waals surface area (Å²) in [5.74, 6) is -0.833. The lowest BCUT2D eigenvalue weighted by Crippen LogP contribution is -2.55. The summed E-state index contributed by atoms with van der Waals surface area (Å²) in [5.41, 5.74) is 0.662. The zero-order valence-electron chi connectivity index (χ0n) is 20.7. The van der Waals surface area contributed by atoms with E-state index in [4.69, 9.17) is 18.9 Å². The Morgan fingerprint density at radius 1 is 1.00 bits per heavy atom. The molecular formula is C27H36O7. The summed E-state index contributed by atoms with van der Waals surface area (Å²) in [5, 5.41) is 0. The minimum atomic E-state index is -0.416. The zero-order valence-corrected chi connectivity index (χ0v) is 20.7. The molecule has 6 atom stereocenters. The van der Waals surface area contributed by atoms with Crippen LogP contribution >= 0.6 is 0 Å². The van der Waals surface area contributed by atoms with Crippen molar-refractivity contribution in [1.82, 2.24) is 0 Å². The van der Waals surface area contributed by atoms with E-state index in [1.54, 1.807) is 43.6 Å². The lowest BCUT2D eigenvalue weighted by atomic mass is 9.68. The molecule has 1 saturated carbocycles. The first-order chi connectivity index (χ1) is 16.3. The maximum atomic E-state index is 12.5. The quantitative estimate of drug-likeness (QED) is 0.156. The molecule has 7 heteroatoms. The highest BCUT2D eigenvalue weighted by molar-refractivity contribution is 5.82. The highest BCUT2D eigenvalue weighted by Crippen LogP contribution is 2.59. The number of carbonyl (C=O) groups is 2. The molecule has 3 fully saturated rings. The minimum absolute atomic E-state index is 0.000769. The van der Waals surface area contributed by atoms with E-state index in [1.807, 2.05) is 0 Å². The maximum absolute atomic E-state index is 12.5. The van der Waals surface area contributed by atoms with Crippen molar-refractivity contribution < 1.29 is 33.3 Å². The Kier molecular flexibility index (Phi) is 8.68. The zero-order chi connectivity index (χ0) is 24.8. The topological polar surface area (TPSA) is 86.9 Å². The molecule has 3 aliphatic rings. The number of allylic oxidation sites excluding steroid dienone is 7. The third-order valence-corrected chi connectivity index (χ3v) is 6.73. The van der Waals surface area contributed by atoms with E-state index in [0.717, 1.165) is 12.8 Å². The van der Waals surface area contributed by atoms with Crippen LogP contribution in [0.3, 0.4) is 0 Å². The van der Waals surface area contributed by atoms with Gasteiger partial charge in [-0.1, -0.05) is 48.1 Å². The monoisotopic (exact) mass is 472 g/mol. The largest absolute Gasteiger partial charge is 0.466 e. The summed E-state index contributed by atoms with van der Waals surface area (Å²) >= 11 is 0. The van der Waals surface area contributed by atoms with Gasteiger partial charge in [-0.25, -0.2) is 9.59 Å². The summed E-state index contributed by atoms with van der Waals surface area (Å²) in [4.78, 5) is 23.4. The predicted octanol–water partition coefficient (Wildman–Crippen LogP) is 4.00. The molecular weight excluding hydrogens is 436 g/mol. The highest BCUT2D eigenvalue weighted by atomic mass is 16.6. The number of hydrogen-bond acceptors (Lipinski definition) is 7. The lowest BCUT2D eigenvalue weighted by Gasteiger charge is -2.42. The smallest absolute Gasteiger partial charge is 0.331 e. The van der Waals surface area contributed by atoms with Crippen molar-refractivity contribution in [2.24, 2.45) is 5.92 Å². The van der Waals surface area contributed by atoms with Crippen LogP contribution in [0.2, 0.25) is 0 Å². The second-order valence-electron chi connectivity index (χ2n) is 9.36. The Bertz CT molecular complexity index is 889. The Morgan fingerprint density at radius 2 is 1.62 bits per heavy atom. The van der Waals surface area contributed by atoms with Crippen molar-refractivity contribution in [3.05, 3.63) is 60.3 Å². The van der Waals surface area contributed by atoms with Crippen molar-refractivity contribution in [2.45, 2.75) is 69.5 Å². The predicted molar refractivity (Wildman–Crippen MR) is 128 cm³/mol. The molecule has 2 aliphatic heterocycles. The van der Waals surface area contributed by atoms with Gasteiger partial charge in [0.15, 0.2) is 0 Å². The van der Waals surface area contributed by atoms with Gasteiger partial charge in [0.25, 0.3) is 0 Å². The standard InChI is InChI=1S/C27H36O7/c1-19(2)14-15-21-26(3,34-21)25-24(31-5)20(16-17-27(25)18-32-27)33-23(29)13-11-9-7-6-8-10-12-22(28)30-4/h6-14,20-21,24-25H,15-18H2,1-5H3/b8-6+,9-7+,12-10+,13-11-/t20-,21-,24-,25-,26?,27-/m1/s1. The third kappa shape index (κ3) is 6.34. The normalized spacial score (nSPS) is 34.9. The first kappa shape index (κ1) is 26.1. The van der Waals surface area contributed by atoms with Gasteiger partial charge in [0.1, 0.15) is 23.4 Å². The van der Waals surface area contributed by atoms with Crippen molar-refractivity contribution in [3.63, 3.8) is 0 Å². The van der Waals surface area contributed by atoms with E-state index in [9.17, 15) is 9.59 Å². The second-order valence-corrected chi connectivity index (χ2v) is 9.36. The summed E-state index contributed by atoms with van der Waals surface area (Å²) in [6, 6.07) is 0. The fourth-order valence-corrected chi connectivity index (χ4v) is 4.85.